The van der Waals surface area contributed by atoms with E-state index in [0.29, 0.717) is 37.1 Å². The second-order valence-electron chi connectivity index (χ2n) is 17.8. The molecule has 4 aromatic rings. The van der Waals surface area contributed by atoms with Gasteiger partial charge in [0.2, 0.25) is 11.8 Å². The Morgan fingerprint density at radius 3 is 1.27 bits per heavy atom. The summed E-state index contributed by atoms with van der Waals surface area (Å²) in [5, 5.41) is 31.9. The number of alkyl carbamates (subject to hydrolysis) is 2. The molecule has 0 fully saturated rings. The van der Waals surface area contributed by atoms with Crippen LogP contribution in [0.2, 0.25) is 0 Å². The Bertz CT molecular complexity index is 2030. The first kappa shape index (κ1) is 53.6. The van der Waals surface area contributed by atoms with Gasteiger partial charge >= 0.3 is 12.2 Å². The van der Waals surface area contributed by atoms with E-state index in [1.165, 1.54) is 12.3 Å². The molecule has 356 valence electrons. The van der Waals surface area contributed by atoms with Crippen LogP contribution < -0.4 is 21.6 Å². The van der Waals surface area contributed by atoms with E-state index in [1.807, 2.05) is 67.6 Å². The van der Waals surface area contributed by atoms with Crippen molar-refractivity contribution in [1.82, 2.24) is 31.6 Å². The third kappa shape index (κ3) is 21.8. The first-order valence-electron chi connectivity index (χ1n) is 21.7. The van der Waals surface area contributed by atoms with E-state index in [0.717, 1.165) is 27.8 Å². The van der Waals surface area contributed by atoms with Crippen molar-refractivity contribution in [1.29, 1.82) is 0 Å². The maximum atomic E-state index is 13.1. The number of hydroxylamine groups is 2. The summed E-state index contributed by atoms with van der Waals surface area (Å²) in [4.78, 5) is 81.4. The van der Waals surface area contributed by atoms with Crippen molar-refractivity contribution in [2.45, 2.75) is 136 Å². The quantitative estimate of drug-likeness (QED) is 0.0379. The number of pyridine rings is 2. The van der Waals surface area contributed by atoms with Crippen LogP contribution >= 0.6 is 0 Å². The molecule has 2 heterocycles. The fraction of sp³-hybridized carbons (Fsp3) is 0.429. The number of carbonyl (C=O) groups is 6. The maximum absolute atomic E-state index is 13.1. The summed E-state index contributed by atoms with van der Waals surface area (Å²) in [6, 6.07) is 20.2. The molecule has 2 atom stereocenters. The van der Waals surface area contributed by atoms with Gasteiger partial charge < -0.3 is 25.2 Å². The van der Waals surface area contributed by atoms with Gasteiger partial charge in [-0.3, -0.25) is 39.6 Å². The largest absolute Gasteiger partial charge is 0.506 e. The number of Topliss-reactive ketones (excluding diaryl/α,β-unsaturated/α-hetero) is 2. The zero-order valence-electron chi connectivity index (χ0n) is 38.8. The first-order chi connectivity index (χ1) is 31.1. The monoisotopic (exact) mass is 912 g/mol. The van der Waals surface area contributed by atoms with E-state index < -0.39 is 47.3 Å². The van der Waals surface area contributed by atoms with Crippen LogP contribution in [-0.2, 0) is 67.2 Å². The SMILES string of the molecule is CC(C)(C)OC(=O)NC(Cc1ccc(O)cn1)C(=O)Cc1ccc(CCCC(=O)NO)cc1.Cc1ccc(CC(NC(=O)OC(C)(C)C)C(=O)Cc2ccc(CCCC(=O)NO)cc2)nc1. The molecule has 0 aliphatic carbocycles. The third-order valence-electron chi connectivity index (χ3n) is 9.56. The van der Waals surface area contributed by atoms with Crippen LogP contribution in [-0.4, -0.2) is 84.3 Å². The van der Waals surface area contributed by atoms with E-state index in [9.17, 15) is 33.9 Å². The van der Waals surface area contributed by atoms with Crippen molar-refractivity contribution < 1.29 is 53.8 Å². The summed E-state index contributed by atoms with van der Waals surface area (Å²) in [7, 11) is 0. The number of aromatic nitrogens is 2. The van der Waals surface area contributed by atoms with Gasteiger partial charge in [0, 0.05) is 56.1 Å². The van der Waals surface area contributed by atoms with E-state index in [2.05, 4.69) is 20.6 Å². The van der Waals surface area contributed by atoms with Crippen molar-refractivity contribution in [2.75, 3.05) is 0 Å². The topological polar surface area (TPSA) is 255 Å². The molecule has 2 aromatic carbocycles. The van der Waals surface area contributed by atoms with E-state index >= 15 is 0 Å². The molecule has 7 N–H and O–H groups in total. The van der Waals surface area contributed by atoms with Gasteiger partial charge in [-0.2, -0.15) is 0 Å². The van der Waals surface area contributed by atoms with Crippen molar-refractivity contribution in [3.05, 3.63) is 124 Å². The first-order valence-corrected chi connectivity index (χ1v) is 21.7. The molecule has 2 aromatic heterocycles. The fourth-order valence-electron chi connectivity index (χ4n) is 6.28. The lowest BCUT2D eigenvalue weighted by molar-refractivity contribution is -0.129. The zero-order valence-corrected chi connectivity index (χ0v) is 38.8. The Morgan fingerprint density at radius 1 is 0.561 bits per heavy atom. The third-order valence-corrected chi connectivity index (χ3v) is 9.56. The molecule has 66 heavy (non-hydrogen) atoms. The number of carbonyl (C=O) groups excluding carboxylic acids is 6. The van der Waals surface area contributed by atoms with Crippen LogP contribution in [0.3, 0.4) is 0 Å². The van der Waals surface area contributed by atoms with E-state index in [1.54, 1.807) is 64.8 Å². The highest BCUT2D eigenvalue weighted by molar-refractivity contribution is 5.90. The minimum Gasteiger partial charge on any atom is -0.506 e. The number of aromatic hydroxyl groups is 1. The Kier molecular flexibility index (Phi) is 21.4. The van der Waals surface area contributed by atoms with Gasteiger partial charge in [0.05, 0.1) is 18.3 Å². The highest BCUT2D eigenvalue weighted by Gasteiger charge is 2.27. The van der Waals surface area contributed by atoms with E-state index in [4.69, 9.17) is 19.9 Å². The lowest BCUT2D eigenvalue weighted by Gasteiger charge is -2.23. The predicted molar refractivity (Wildman–Crippen MR) is 245 cm³/mol. The smallest absolute Gasteiger partial charge is 0.408 e. The standard InChI is InChI=1S/C25H33N3O5.C24H31N3O6/c1-17-8-13-20(26-16-17)15-21(27-24(31)33-25(2,3)4)22(29)14-19-11-9-18(10-12-19)6-5-7-23(30)28-32;1-24(2,3)33-23(31)26-20(14-18-11-12-19(28)15-25-18)21(29)13-17-9-7-16(8-10-17)5-4-6-22(30)27-32/h8-13,16,21,32H,5-7,14-15H2,1-4H3,(H,27,31)(H,28,30);7-12,15,20,28,32H,4-6,13-14H2,1-3H3,(H,26,31)(H,27,30). The lowest BCUT2D eigenvalue weighted by atomic mass is 9.98. The molecule has 0 radical (unpaired) electrons. The highest BCUT2D eigenvalue weighted by atomic mass is 16.6. The highest BCUT2D eigenvalue weighted by Crippen LogP contribution is 2.16. The summed E-state index contributed by atoms with van der Waals surface area (Å²) in [6.07, 6.45) is 5.36. The normalized spacial score (nSPS) is 12.0. The second-order valence-corrected chi connectivity index (χ2v) is 17.8. The molecule has 0 saturated heterocycles. The number of hydrogen-bond donors (Lipinski definition) is 7. The fourth-order valence-corrected chi connectivity index (χ4v) is 6.28. The van der Waals surface area contributed by atoms with Crippen molar-refractivity contribution in [3.8, 4) is 5.75 Å². The van der Waals surface area contributed by atoms with Gasteiger partial charge in [-0.15, -0.1) is 0 Å². The average Bonchev–Trinajstić information content (AvgIpc) is 3.24. The van der Waals surface area contributed by atoms with Gasteiger partial charge in [0.25, 0.3) is 0 Å². The minimum atomic E-state index is -0.853. The zero-order chi connectivity index (χ0) is 48.9. The summed E-state index contributed by atoms with van der Waals surface area (Å²) < 4.78 is 10.6. The van der Waals surface area contributed by atoms with Crippen LogP contribution in [0.1, 0.15) is 106 Å². The minimum absolute atomic E-state index is 0.0128. The number of ether oxygens (including phenoxy) is 2. The second kappa shape index (κ2) is 26.3. The molecule has 4 rings (SSSR count). The molecule has 0 saturated carbocycles. The number of hydrogen-bond acceptors (Lipinski definition) is 13. The van der Waals surface area contributed by atoms with Gasteiger partial charge in [0.15, 0.2) is 11.6 Å². The summed E-state index contributed by atoms with van der Waals surface area (Å²) in [5.41, 5.74) is 7.76. The molecular weight excluding hydrogens is 849 g/mol. The van der Waals surface area contributed by atoms with Crippen molar-refractivity contribution in [2.24, 2.45) is 0 Å². The van der Waals surface area contributed by atoms with E-state index in [-0.39, 0.29) is 55.8 Å². The van der Waals surface area contributed by atoms with Gasteiger partial charge in [-0.1, -0.05) is 54.6 Å². The Balaban J connectivity index is 0.000000350. The number of ketones is 2. The number of amides is 4. The molecule has 0 aliphatic heterocycles. The Morgan fingerprint density at radius 2 is 0.939 bits per heavy atom. The molecule has 4 amide bonds. The Labute approximate surface area is 386 Å². The molecule has 2 unspecified atom stereocenters. The summed E-state index contributed by atoms with van der Waals surface area (Å²) in [6.45, 7) is 12.5. The summed E-state index contributed by atoms with van der Waals surface area (Å²) >= 11 is 0. The molecular formula is C49H64N6O11. The van der Waals surface area contributed by atoms with Gasteiger partial charge in [-0.05, 0) is 120 Å². The van der Waals surface area contributed by atoms with Crippen LogP contribution in [0.15, 0.2) is 85.2 Å². The van der Waals surface area contributed by atoms with Gasteiger partial charge in [-0.25, -0.2) is 20.5 Å². The molecule has 0 bridgehead atoms. The number of nitrogens with one attached hydrogen (secondary N) is 4. The van der Waals surface area contributed by atoms with Crippen molar-refractivity contribution in [3.63, 3.8) is 0 Å². The maximum Gasteiger partial charge on any atom is 0.408 e. The molecule has 17 nitrogen and oxygen atoms in total. The lowest BCUT2D eigenvalue weighted by Crippen LogP contribution is -2.45. The molecule has 0 aliphatic rings. The van der Waals surface area contributed by atoms with Crippen LogP contribution in [0.4, 0.5) is 9.59 Å². The molecule has 0 spiro atoms. The Hall–Kier alpha value is -6.72. The number of rotatable bonds is 20. The van der Waals surface area contributed by atoms with Crippen molar-refractivity contribution >= 4 is 35.6 Å². The number of benzene rings is 2. The van der Waals surface area contributed by atoms with Gasteiger partial charge in [0.1, 0.15) is 17.0 Å². The summed E-state index contributed by atoms with van der Waals surface area (Å²) in [5.74, 6) is -1.18. The van der Waals surface area contributed by atoms with Crippen LogP contribution in [0.25, 0.3) is 0 Å². The van der Waals surface area contributed by atoms with Crippen LogP contribution in [0.5, 0.6) is 5.75 Å². The number of nitrogens with zero attached hydrogens (tertiary/aromatic N) is 2. The predicted octanol–water partition coefficient (Wildman–Crippen LogP) is 6.33. The van der Waals surface area contributed by atoms with Crippen LogP contribution in [0, 0.1) is 6.92 Å². The average molecular weight is 913 g/mol. The number of aryl methyl sites for hydroxylation is 3. The molecule has 17 heteroatoms.